The maximum absolute atomic E-state index is 13.8. The molecule has 1 saturated heterocycles. The minimum Gasteiger partial charge on any atom is -0.486 e. The smallest absolute Gasteiger partial charge is 0.293 e. The normalized spacial score (nSPS) is 18.6. The van der Waals surface area contributed by atoms with Crippen LogP contribution in [0.25, 0.3) is 6.08 Å². The van der Waals surface area contributed by atoms with E-state index in [0.717, 1.165) is 37.4 Å². The highest BCUT2D eigenvalue weighted by atomic mass is 79.9. The number of carbonyl (C=O) groups is 2. The fourth-order valence-electron chi connectivity index (χ4n) is 4.00. The van der Waals surface area contributed by atoms with E-state index < -0.39 is 0 Å². The van der Waals surface area contributed by atoms with Gasteiger partial charge in [-0.3, -0.25) is 14.5 Å². The second-order valence-corrected chi connectivity index (χ2v) is 10.2. The average Bonchev–Trinajstić information content (AvgIpc) is 3.02. The van der Waals surface area contributed by atoms with E-state index in [-0.39, 0.29) is 23.6 Å². The summed E-state index contributed by atoms with van der Waals surface area (Å²) < 4.78 is 20.1. The zero-order valence-electron chi connectivity index (χ0n) is 17.3. The zero-order chi connectivity index (χ0) is 22.7. The van der Waals surface area contributed by atoms with Crippen molar-refractivity contribution in [1.29, 1.82) is 0 Å². The van der Waals surface area contributed by atoms with Crippen LogP contribution >= 0.6 is 39.3 Å². The Morgan fingerprint density at radius 1 is 1.19 bits per heavy atom. The summed E-state index contributed by atoms with van der Waals surface area (Å²) in [6.45, 7) is 0.527. The molecule has 1 heterocycles. The standard InChI is InChI=1S/C24H22BrClFNO3S/c25-18-10-16(11-19(26)22(18)31-14-17-8-4-5-9-20(17)27)12-21-23(29)28(24(30)32-21)13-15-6-2-1-3-7-15/h4-5,8-12,15H,1-3,6-7,13-14H2/b21-12+. The summed E-state index contributed by atoms with van der Waals surface area (Å²) in [5.74, 6) is 0.182. The van der Waals surface area contributed by atoms with Crippen LogP contribution in [0.15, 0.2) is 45.8 Å². The zero-order valence-corrected chi connectivity index (χ0v) is 20.4. The van der Waals surface area contributed by atoms with Crippen molar-refractivity contribution in [1.82, 2.24) is 4.90 Å². The van der Waals surface area contributed by atoms with Gasteiger partial charge in [0.05, 0.1) is 14.4 Å². The summed E-state index contributed by atoms with van der Waals surface area (Å²) in [4.78, 5) is 27.0. The topological polar surface area (TPSA) is 46.6 Å². The number of carbonyl (C=O) groups excluding carboxylic acids is 2. The Kier molecular flexibility index (Phi) is 7.59. The molecule has 2 aromatic rings. The van der Waals surface area contributed by atoms with Crippen molar-refractivity contribution >= 4 is 56.5 Å². The van der Waals surface area contributed by atoms with Crippen molar-refractivity contribution in [3.63, 3.8) is 0 Å². The third kappa shape index (κ3) is 5.38. The van der Waals surface area contributed by atoms with Gasteiger partial charge in [-0.05, 0) is 76.3 Å². The molecule has 4 nitrogen and oxygen atoms in total. The van der Waals surface area contributed by atoms with Gasteiger partial charge in [0.1, 0.15) is 12.4 Å². The van der Waals surface area contributed by atoms with Gasteiger partial charge in [-0.15, -0.1) is 0 Å². The van der Waals surface area contributed by atoms with Crippen molar-refractivity contribution in [2.75, 3.05) is 6.54 Å². The first kappa shape index (κ1) is 23.3. The predicted octanol–water partition coefficient (Wildman–Crippen LogP) is 7.44. The summed E-state index contributed by atoms with van der Waals surface area (Å²) >= 11 is 10.8. The van der Waals surface area contributed by atoms with E-state index in [0.29, 0.717) is 43.7 Å². The van der Waals surface area contributed by atoms with Gasteiger partial charge in [-0.1, -0.05) is 49.1 Å². The number of benzene rings is 2. The minimum absolute atomic E-state index is 0.0321. The van der Waals surface area contributed by atoms with Crippen LogP contribution in [0.2, 0.25) is 5.02 Å². The number of hydrogen-bond acceptors (Lipinski definition) is 4. The monoisotopic (exact) mass is 537 g/mol. The Hall–Kier alpha value is -1.83. The van der Waals surface area contributed by atoms with Gasteiger partial charge >= 0.3 is 0 Å². The number of nitrogens with zero attached hydrogens (tertiary/aromatic N) is 1. The van der Waals surface area contributed by atoms with Gasteiger partial charge < -0.3 is 4.74 Å². The highest BCUT2D eigenvalue weighted by Gasteiger charge is 2.36. The van der Waals surface area contributed by atoms with Crippen molar-refractivity contribution in [3.05, 3.63) is 67.7 Å². The summed E-state index contributed by atoms with van der Waals surface area (Å²) in [5.41, 5.74) is 1.09. The highest BCUT2D eigenvalue weighted by Crippen LogP contribution is 2.38. The molecule has 2 aromatic carbocycles. The van der Waals surface area contributed by atoms with Crippen LogP contribution in [-0.4, -0.2) is 22.6 Å². The summed E-state index contributed by atoms with van der Waals surface area (Å²) in [6, 6.07) is 9.81. The van der Waals surface area contributed by atoms with Crippen LogP contribution in [-0.2, 0) is 11.4 Å². The highest BCUT2D eigenvalue weighted by molar-refractivity contribution is 9.10. The van der Waals surface area contributed by atoms with E-state index in [1.54, 1.807) is 36.4 Å². The second kappa shape index (κ2) is 10.4. The van der Waals surface area contributed by atoms with Crippen molar-refractivity contribution in [3.8, 4) is 5.75 Å². The van der Waals surface area contributed by atoms with E-state index in [9.17, 15) is 14.0 Å². The third-order valence-corrected chi connectivity index (χ3v) is 7.46. The lowest BCUT2D eigenvalue weighted by atomic mass is 9.89. The molecule has 2 fully saturated rings. The maximum Gasteiger partial charge on any atom is 0.293 e. The second-order valence-electron chi connectivity index (χ2n) is 7.99. The fourth-order valence-corrected chi connectivity index (χ4v) is 5.84. The number of hydrogen-bond donors (Lipinski definition) is 0. The van der Waals surface area contributed by atoms with E-state index >= 15 is 0 Å². The lowest BCUT2D eigenvalue weighted by molar-refractivity contribution is -0.123. The van der Waals surface area contributed by atoms with Gasteiger partial charge in [0.2, 0.25) is 0 Å². The molecular weight excluding hydrogens is 517 g/mol. The molecule has 8 heteroatoms. The molecule has 0 unspecified atom stereocenters. The predicted molar refractivity (Wildman–Crippen MR) is 129 cm³/mol. The van der Waals surface area contributed by atoms with E-state index in [4.69, 9.17) is 16.3 Å². The first-order valence-corrected chi connectivity index (χ1v) is 12.5. The van der Waals surface area contributed by atoms with Crippen LogP contribution in [0.4, 0.5) is 9.18 Å². The fraction of sp³-hybridized carbons (Fsp3) is 0.333. The number of rotatable bonds is 6. The first-order valence-electron chi connectivity index (χ1n) is 10.5. The number of thioether (sulfide) groups is 1. The van der Waals surface area contributed by atoms with Gasteiger partial charge in [-0.25, -0.2) is 4.39 Å². The van der Waals surface area contributed by atoms with E-state index in [1.807, 2.05) is 0 Å². The van der Waals surface area contributed by atoms with Crippen LogP contribution in [0.5, 0.6) is 5.75 Å². The SMILES string of the molecule is O=C1S/C(=C/c2cc(Cl)c(OCc3ccccc3F)c(Br)c2)C(=O)N1CC1CCCCC1. The quantitative estimate of drug-likeness (QED) is 0.359. The molecule has 1 aliphatic heterocycles. The van der Waals surface area contributed by atoms with Crippen molar-refractivity contribution in [2.45, 2.75) is 38.7 Å². The molecule has 2 amide bonds. The maximum atomic E-state index is 13.8. The first-order chi connectivity index (χ1) is 15.4. The number of halogens is 3. The molecule has 168 valence electrons. The van der Waals surface area contributed by atoms with Crippen LogP contribution in [0, 0.1) is 11.7 Å². The van der Waals surface area contributed by atoms with Crippen molar-refractivity contribution in [2.24, 2.45) is 5.92 Å². The lowest BCUT2D eigenvalue weighted by Crippen LogP contribution is -2.34. The molecular formula is C24H22BrClFNO3S. The molecule has 0 spiro atoms. The minimum atomic E-state index is -0.347. The molecule has 0 aromatic heterocycles. The molecule has 4 rings (SSSR count). The summed E-state index contributed by atoms with van der Waals surface area (Å²) in [7, 11) is 0. The largest absolute Gasteiger partial charge is 0.486 e. The Bertz CT molecular complexity index is 1050. The number of amides is 2. The molecule has 1 aliphatic carbocycles. The molecule has 0 bridgehead atoms. The van der Waals surface area contributed by atoms with E-state index in [1.165, 1.54) is 17.4 Å². The average molecular weight is 539 g/mol. The van der Waals surface area contributed by atoms with Gasteiger partial charge in [-0.2, -0.15) is 0 Å². The van der Waals surface area contributed by atoms with Crippen molar-refractivity contribution < 1.29 is 18.7 Å². The molecule has 0 atom stereocenters. The van der Waals surface area contributed by atoms with Gasteiger partial charge in [0.25, 0.3) is 11.1 Å². The Morgan fingerprint density at radius 2 is 1.94 bits per heavy atom. The Morgan fingerprint density at radius 3 is 2.66 bits per heavy atom. The van der Waals surface area contributed by atoms with Crippen LogP contribution in [0.1, 0.15) is 43.2 Å². The molecule has 0 radical (unpaired) electrons. The van der Waals surface area contributed by atoms with Gasteiger partial charge in [0.15, 0.2) is 5.75 Å². The molecule has 32 heavy (non-hydrogen) atoms. The molecule has 0 N–H and O–H groups in total. The summed E-state index contributed by atoms with van der Waals surface area (Å²) in [6.07, 6.45) is 7.36. The van der Waals surface area contributed by atoms with Crippen LogP contribution < -0.4 is 4.74 Å². The van der Waals surface area contributed by atoms with E-state index in [2.05, 4.69) is 15.9 Å². The van der Waals surface area contributed by atoms with Crippen LogP contribution in [0.3, 0.4) is 0 Å². The molecule has 2 aliphatic rings. The number of imide groups is 1. The number of ether oxygens (including phenoxy) is 1. The molecule has 1 saturated carbocycles. The Labute approximate surface area is 204 Å². The third-order valence-electron chi connectivity index (χ3n) is 5.69. The lowest BCUT2D eigenvalue weighted by Gasteiger charge is -2.25. The summed E-state index contributed by atoms with van der Waals surface area (Å²) in [5, 5.41) is 0.102. The Balaban J connectivity index is 1.47. The van der Waals surface area contributed by atoms with Gasteiger partial charge in [0, 0.05) is 12.1 Å².